The van der Waals surface area contributed by atoms with Crippen LogP contribution in [0.4, 0.5) is 5.82 Å². The van der Waals surface area contributed by atoms with Gasteiger partial charge in [-0.05, 0) is 36.8 Å². The molecular formula is C18H15Cl2N3O. The Labute approximate surface area is 150 Å². The average molecular weight is 360 g/mol. The molecule has 0 saturated carbocycles. The van der Waals surface area contributed by atoms with Crippen LogP contribution in [0, 0.1) is 0 Å². The Kier molecular flexibility index (Phi) is 4.88. The Morgan fingerprint density at radius 3 is 2.50 bits per heavy atom. The van der Waals surface area contributed by atoms with E-state index in [2.05, 4.69) is 10.4 Å². The third-order valence-corrected chi connectivity index (χ3v) is 4.31. The van der Waals surface area contributed by atoms with Gasteiger partial charge in [0, 0.05) is 17.3 Å². The quantitative estimate of drug-likeness (QED) is 0.712. The molecule has 0 spiro atoms. The SMILES string of the molecule is CCc1cc(NC(=O)c2ccc(Cl)c(Cl)c2)nn1-c1ccccc1. The van der Waals surface area contributed by atoms with Gasteiger partial charge in [0.15, 0.2) is 5.82 Å². The minimum Gasteiger partial charge on any atom is -0.305 e. The van der Waals surface area contributed by atoms with E-state index in [4.69, 9.17) is 23.2 Å². The second-order valence-corrected chi connectivity index (χ2v) is 6.02. The van der Waals surface area contributed by atoms with Crippen LogP contribution in [0.3, 0.4) is 0 Å². The van der Waals surface area contributed by atoms with Gasteiger partial charge in [0.05, 0.1) is 15.7 Å². The molecule has 3 aromatic rings. The smallest absolute Gasteiger partial charge is 0.256 e. The van der Waals surface area contributed by atoms with Crippen LogP contribution in [0.25, 0.3) is 5.69 Å². The van der Waals surface area contributed by atoms with E-state index in [9.17, 15) is 4.79 Å². The maximum absolute atomic E-state index is 12.4. The predicted octanol–water partition coefficient (Wildman–Crippen LogP) is 4.99. The molecule has 24 heavy (non-hydrogen) atoms. The molecule has 0 aliphatic carbocycles. The number of nitrogens with one attached hydrogen (secondary N) is 1. The van der Waals surface area contributed by atoms with Crippen molar-refractivity contribution in [1.82, 2.24) is 9.78 Å². The number of benzene rings is 2. The summed E-state index contributed by atoms with van der Waals surface area (Å²) in [5.74, 6) is 0.209. The Balaban J connectivity index is 1.86. The van der Waals surface area contributed by atoms with Crippen LogP contribution in [0.15, 0.2) is 54.6 Å². The monoisotopic (exact) mass is 359 g/mol. The number of anilines is 1. The number of aromatic nitrogens is 2. The van der Waals surface area contributed by atoms with Crippen LogP contribution in [0.2, 0.25) is 10.0 Å². The first-order valence-electron chi connectivity index (χ1n) is 7.49. The molecule has 2 aromatic carbocycles. The molecule has 0 radical (unpaired) electrons. The van der Waals surface area contributed by atoms with E-state index in [1.54, 1.807) is 12.1 Å². The van der Waals surface area contributed by atoms with Crippen molar-refractivity contribution >= 4 is 34.9 Å². The molecule has 0 aliphatic heterocycles. The van der Waals surface area contributed by atoms with E-state index < -0.39 is 0 Å². The second kappa shape index (κ2) is 7.07. The molecule has 6 heteroatoms. The molecule has 4 nitrogen and oxygen atoms in total. The van der Waals surface area contributed by atoms with Crippen molar-refractivity contribution < 1.29 is 4.79 Å². The molecular weight excluding hydrogens is 345 g/mol. The van der Waals surface area contributed by atoms with Crippen molar-refractivity contribution in [2.45, 2.75) is 13.3 Å². The first kappa shape index (κ1) is 16.6. The highest BCUT2D eigenvalue weighted by molar-refractivity contribution is 6.42. The molecule has 122 valence electrons. The van der Waals surface area contributed by atoms with E-state index in [-0.39, 0.29) is 5.91 Å². The summed E-state index contributed by atoms with van der Waals surface area (Å²) in [5, 5.41) is 8.03. The van der Waals surface area contributed by atoms with Gasteiger partial charge in [-0.2, -0.15) is 0 Å². The number of halogens is 2. The van der Waals surface area contributed by atoms with Gasteiger partial charge in [-0.3, -0.25) is 4.79 Å². The van der Waals surface area contributed by atoms with Gasteiger partial charge in [0.2, 0.25) is 0 Å². The van der Waals surface area contributed by atoms with Crippen LogP contribution in [-0.4, -0.2) is 15.7 Å². The van der Waals surface area contributed by atoms with Crippen molar-refractivity contribution in [2.75, 3.05) is 5.32 Å². The normalized spacial score (nSPS) is 10.6. The Morgan fingerprint density at radius 1 is 1.08 bits per heavy atom. The summed E-state index contributed by atoms with van der Waals surface area (Å²) in [6, 6.07) is 16.4. The van der Waals surface area contributed by atoms with Crippen LogP contribution in [-0.2, 0) is 6.42 Å². The van der Waals surface area contributed by atoms with E-state index in [1.165, 1.54) is 6.07 Å². The highest BCUT2D eigenvalue weighted by atomic mass is 35.5. The number of para-hydroxylation sites is 1. The van der Waals surface area contributed by atoms with E-state index in [0.717, 1.165) is 17.8 Å². The summed E-state index contributed by atoms with van der Waals surface area (Å²) in [6.07, 6.45) is 0.796. The third kappa shape index (κ3) is 3.45. The van der Waals surface area contributed by atoms with Gasteiger partial charge in [0.25, 0.3) is 5.91 Å². The zero-order valence-corrected chi connectivity index (χ0v) is 14.5. The molecule has 1 amide bonds. The summed E-state index contributed by atoms with van der Waals surface area (Å²) in [4.78, 5) is 12.4. The number of amides is 1. The number of aryl methyl sites for hydroxylation is 1. The number of carbonyl (C=O) groups is 1. The highest BCUT2D eigenvalue weighted by Gasteiger charge is 2.13. The van der Waals surface area contributed by atoms with Crippen molar-refractivity contribution in [3.63, 3.8) is 0 Å². The van der Waals surface area contributed by atoms with Gasteiger partial charge >= 0.3 is 0 Å². The molecule has 1 N–H and O–H groups in total. The number of rotatable bonds is 4. The Hall–Kier alpha value is -2.30. The van der Waals surface area contributed by atoms with Crippen molar-refractivity contribution in [3.05, 3.63) is 75.9 Å². The van der Waals surface area contributed by atoms with Gasteiger partial charge in [-0.25, -0.2) is 4.68 Å². The molecule has 3 rings (SSSR count). The van der Waals surface area contributed by atoms with Gasteiger partial charge in [0.1, 0.15) is 0 Å². The Morgan fingerprint density at radius 2 is 1.83 bits per heavy atom. The van der Waals surface area contributed by atoms with Crippen molar-refractivity contribution in [2.24, 2.45) is 0 Å². The van der Waals surface area contributed by atoms with Crippen molar-refractivity contribution in [1.29, 1.82) is 0 Å². The summed E-state index contributed by atoms with van der Waals surface area (Å²) >= 11 is 11.8. The van der Waals surface area contributed by atoms with Crippen LogP contribution in [0.5, 0.6) is 0 Å². The third-order valence-electron chi connectivity index (χ3n) is 3.57. The molecule has 1 aromatic heterocycles. The minimum absolute atomic E-state index is 0.283. The number of carbonyl (C=O) groups excluding carboxylic acids is 1. The lowest BCUT2D eigenvalue weighted by atomic mass is 10.2. The molecule has 0 saturated heterocycles. The largest absolute Gasteiger partial charge is 0.305 e. The molecule has 0 aliphatic rings. The van der Waals surface area contributed by atoms with Gasteiger partial charge < -0.3 is 5.32 Å². The summed E-state index contributed by atoms with van der Waals surface area (Å²) in [7, 11) is 0. The van der Waals surface area contributed by atoms with Gasteiger partial charge in [-0.15, -0.1) is 5.10 Å². The fourth-order valence-electron chi connectivity index (χ4n) is 2.35. The van der Waals surface area contributed by atoms with E-state index in [0.29, 0.717) is 21.4 Å². The van der Waals surface area contributed by atoms with Crippen LogP contribution < -0.4 is 5.32 Å². The zero-order valence-electron chi connectivity index (χ0n) is 13.0. The molecule has 0 bridgehead atoms. The Bertz CT molecular complexity index is 875. The topological polar surface area (TPSA) is 46.9 Å². The number of nitrogens with zero attached hydrogens (tertiary/aromatic N) is 2. The summed E-state index contributed by atoms with van der Waals surface area (Å²) in [5.41, 5.74) is 2.38. The lowest BCUT2D eigenvalue weighted by Gasteiger charge is -2.05. The molecule has 0 atom stereocenters. The van der Waals surface area contributed by atoms with E-state index >= 15 is 0 Å². The number of hydrogen-bond donors (Lipinski definition) is 1. The highest BCUT2D eigenvalue weighted by Crippen LogP contribution is 2.23. The molecule has 0 fully saturated rings. The molecule has 1 heterocycles. The summed E-state index contributed by atoms with van der Waals surface area (Å²) in [6.45, 7) is 2.04. The van der Waals surface area contributed by atoms with Crippen LogP contribution in [0.1, 0.15) is 23.0 Å². The standard InChI is InChI=1S/C18H15Cl2N3O/c1-2-13-11-17(22-23(13)14-6-4-3-5-7-14)21-18(24)12-8-9-15(19)16(20)10-12/h3-11H,2H2,1H3,(H,21,22,24). The maximum atomic E-state index is 12.4. The fourth-order valence-corrected chi connectivity index (χ4v) is 2.65. The lowest BCUT2D eigenvalue weighted by Crippen LogP contribution is -2.12. The zero-order chi connectivity index (χ0) is 17.1. The summed E-state index contributed by atoms with van der Waals surface area (Å²) < 4.78 is 1.82. The van der Waals surface area contributed by atoms with Gasteiger partial charge in [-0.1, -0.05) is 48.3 Å². The second-order valence-electron chi connectivity index (χ2n) is 5.20. The number of hydrogen-bond acceptors (Lipinski definition) is 2. The fraction of sp³-hybridized carbons (Fsp3) is 0.111. The first-order chi connectivity index (χ1) is 11.6. The lowest BCUT2D eigenvalue weighted by molar-refractivity contribution is 0.102. The predicted molar refractivity (Wildman–Crippen MR) is 97.4 cm³/mol. The average Bonchev–Trinajstić information content (AvgIpc) is 3.01. The molecule has 0 unspecified atom stereocenters. The minimum atomic E-state index is -0.283. The van der Waals surface area contributed by atoms with Crippen molar-refractivity contribution in [3.8, 4) is 5.69 Å². The first-order valence-corrected chi connectivity index (χ1v) is 8.25. The van der Waals surface area contributed by atoms with Crippen LogP contribution >= 0.6 is 23.2 Å². The van der Waals surface area contributed by atoms with E-state index in [1.807, 2.05) is 48.0 Å². The maximum Gasteiger partial charge on any atom is 0.256 e.